The minimum atomic E-state index is -0.475. The molecule has 0 aliphatic carbocycles. The fourth-order valence-electron chi connectivity index (χ4n) is 5.17. The zero-order chi connectivity index (χ0) is 46.2. The van der Waals surface area contributed by atoms with Crippen LogP contribution in [0.4, 0.5) is 17.6 Å². The average Bonchev–Trinajstić information content (AvgIpc) is 3.20. The Bertz CT molecular complexity index is 1750. The van der Waals surface area contributed by atoms with Crippen molar-refractivity contribution in [2.45, 2.75) is 109 Å². The molecule has 3 heterocycles. The number of rotatable bonds is 0. The van der Waals surface area contributed by atoms with Crippen LogP contribution < -0.4 is 0 Å². The van der Waals surface area contributed by atoms with Gasteiger partial charge in [0.15, 0.2) is 6.29 Å². The molecule has 0 unspecified atom stereocenters. The maximum atomic E-state index is 12.8. The average molecular weight is 869 g/mol. The molecule has 0 spiro atoms. The topological polar surface area (TPSA) is 47.5 Å². The maximum absolute atomic E-state index is 12.8. The van der Waals surface area contributed by atoms with Crippen molar-refractivity contribution in [3.05, 3.63) is 163 Å². The van der Waals surface area contributed by atoms with E-state index in [1.807, 2.05) is 53.1 Å². The third kappa shape index (κ3) is 24.8. The lowest BCUT2D eigenvalue weighted by Crippen LogP contribution is -2.28. The summed E-state index contributed by atoms with van der Waals surface area (Å²) in [4.78, 5) is 10.3. The number of ether oxygens (including phenoxy) is 2. The quantitative estimate of drug-likeness (QED) is 0.145. The van der Waals surface area contributed by atoms with Crippen molar-refractivity contribution in [3.63, 3.8) is 0 Å². The lowest BCUT2D eigenvalue weighted by atomic mass is 10.00. The molecule has 0 radical (unpaired) electrons. The Balaban J connectivity index is 0.000000357. The Morgan fingerprint density at radius 2 is 0.934 bits per heavy atom. The molecule has 4 aromatic carbocycles. The van der Waals surface area contributed by atoms with Crippen molar-refractivity contribution in [2.75, 3.05) is 33.4 Å². The summed E-state index contributed by atoms with van der Waals surface area (Å²) in [5.74, 6) is 1.09. The number of aryl methyl sites for hydroxylation is 8. The van der Waals surface area contributed by atoms with Crippen LogP contribution in [-0.2, 0) is 9.47 Å². The molecular formula is C51H70ClF4N3O2. The van der Waals surface area contributed by atoms with Crippen LogP contribution in [0.3, 0.4) is 0 Å². The van der Waals surface area contributed by atoms with Crippen LogP contribution in [0.25, 0.3) is 0 Å². The third-order valence-corrected chi connectivity index (χ3v) is 9.94. The minimum absolute atomic E-state index is 0.0196. The third-order valence-electron chi connectivity index (χ3n) is 9.54. The molecule has 2 aliphatic rings. The van der Waals surface area contributed by atoms with Crippen LogP contribution in [0.1, 0.15) is 89.5 Å². The first-order valence-corrected chi connectivity index (χ1v) is 21.2. The maximum Gasteiger partial charge on any atom is 0.154 e. The zero-order valence-corrected chi connectivity index (χ0v) is 39.8. The molecule has 61 heavy (non-hydrogen) atoms. The molecule has 2 aliphatic heterocycles. The van der Waals surface area contributed by atoms with E-state index >= 15 is 0 Å². The first-order chi connectivity index (χ1) is 28.6. The van der Waals surface area contributed by atoms with Gasteiger partial charge in [0.2, 0.25) is 0 Å². The van der Waals surface area contributed by atoms with E-state index in [-0.39, 0.29) is 23.5 Å². The van der Waals surface area contributed by atoms with Gasteiger partial charge in [0, 0.05) is 34.5 Å². The van der Waals surface area contributed by atoms with E-state index in [2.05, 4.69) is 73.9 Å². The summed E-state index contributed by atoms with van der Waals surface area (Å²) >= 11 is 5.68. The summed E-state index contributed by atoms with van der Waals surface area (Å²) in [5.41, 5.74) is 7.52. The van der Waals surface area contributed by atoms with Crippen molar-refractivity contribution in [3.8, 4) is 0 Å². The molecule has 336 valence electrons. The number of piperidine rings is 1. The van der Waals surface area contributed by atoms with Gasteiger partial charge in [0.1, 0.15) is 29.1 Å². The van der Waals surface area contributed by atoms with Crippen molar-refractivity contribution >= 4 is 11.6 Å². The molecule has 1 aromatic heterocycles. The van der Waals surface area contributed by atoms with E-state index < -0.39 is 11.6 Å². The number of aromatic nitrogens is 2. The fourth-order valence-corrected chi connectivity index (χ4v) is 5.43. The second kappa shape index (κ2) is 29.2. The van der Waals surface area contributed by atoms with Crippen LogP contribution in [0.15, 0.2) is 79.1 Å². The predicted molar refractivity (Wildman–Crippen MR) is 246 cm³/mol. The minimum Gasteiger partial charge on any atom is -0.353 e. The highest BCUT2D eigenvalue weighted by molar-refractivity contribution is 6.31. The molecule has 0 amide bonds. The highest BCUT2D eigenvalue weighted by Gasteiger charge is 2.14. The SMILES string of the molecule is CC1CCN(C)CC1.CC1COC(C)OC1.Cc1cc(F)c(C)c(Cl)c1.Cc1cc(F)c(C)c(F)c1.Cc1ccc(C)c(F)c1.Cc1ccc(C)cc1.Cc1cnc(C)nc1. The van der Waals surface area contributed by atoms with Gasteiger partial charge in [-0.05, 0) is 173 Å². The van der Waals surface area contributed by atoms with Gasteiger partial charge >= 0.3 is 0 Å². The second-order valence-electron chi connectivity index (χ2n) is 16.2. The van der Waals surface area contributed by atoms with Gasteiger partial charge in [0.25, 0.3) is 0 Å². The Hall–Kier alpha value is -4.15. The number of halogens is 5. The largest absolute Gasteiger partial charge is 0.353 e. The summed E-state index contributed by atoms with van der Waals surface area (Å²) in [5, 5.41) is 0.498. The smallest absolute Gasteiger partial charge is 0.154 e. The standard InChI is InChI=1S/C8H8ClF.C8H8F2.C8H9F.C8H10.C7H15N.C6H8N2.C6H12O2/c2*1-5-3-7(9)6(2)8(10)4-5;1-6-3-4-7(2)8(9)5-6;2*1-7-3-5-8(2)6-4-7;2*1-5-3-7-6(2)8-4-5/h2*3-4H,1-2H3;3-5H,1-2H3;3-6H,1-2H3;7H,3-6H2,1-2H3;3-4H,1-2H3;5-6H,3-4H2,1-2H3. The molecular weight excluding hydrogens is 798 g/mol. The molecule has 5 aromatic rings. The molecule has 2 saturated heterocycles. The van der Waals surface area contributed by atoms with Crippen molar-refractivity contribution < 1.29 is 27.0 Å². The first kappa shape index (κ1) is 54.9. The second-order valence-corrected chi connectivity index (χ2v) is 16.7. The fraction of sp³-hybridized carbons (Fsp3) is 0.451. The molecule has 0 N–H and O–H groups in total. The molecule has 10 heteroatoms. The van der Waals surface area contributed by atoms with Gasteiger partial charge in [0.05, 0.1) is 13.2 Å². The molecule has 0 atom stereocenters. The van der Waals surface area contributed by atoms with E-state index in [9.17, 15) is 17.6 Å². The van der Waals surface area contributed by atoms with Crippen LogP contribution in [-0.4, -0.2) is 54.5 Å². The van der Waals surface area contributed by atoms with E-state index in [1.165, 1.54) is 68.2 Å². The normalized spacial score (nSPS) is 15.8. The van der Waals surface area contributed by atoms with Crippen LogP contribution >= 0.6 is 11.6 Å². The Morgan fingerprint density at radius 1 is 0.525 bits per heavy atom. The Morgan fingerprint density at radius 3 is 1.31 bits per heavy atom. The number of nitrogens with zero attached hydrogens (tertiary/aromatic N) is 3. The van der Waals surface area contributed by atoms with Crippen LogP contribution in [0.2, 0.25) is 5.02 Å². The monoisotopic (exact) mass is 868 g/mol. The molecule has 2 fully saturated rings. The summed E-state index contributed by atoms with van der Waals surface area (Å²) in [6.45, 7) is 28.9. The van der Waals surface area contributed by atoms with Crippen molar-refractivity contribution in [1.29, 1.82) is 0 Å². The van der Waals surface area contributed by atoms with Crippen LogP contribution in [0, 0.1) is 104 Å². The summed E-state index contributed by atoms with van der Waals surface area (Å²) in [7, 11) is 2.20. The van der Waals surface area contributed by atoms with Gasteiger partial charge in [-0.2, -0.15) is 0 Å². The number of hydrogen-bond donors (Lipinski definition) is 0. The highest BCUT2D eigenvalue weighted by atomic mass is 35.5. The first-order valence-electron chi connectivity index (χ1n) is 20.8. The van der Waals surface area contributed by atoms with Crippen molar-refractivity contribution in [1.82, 2.24) is 14.9 Å². The predicted octanol–water partition coefficient (Wildman–Crippen LogP) is 13.9. The number of likely N-dealkylation sites (tertiary alicyclic amines) is 1. The highest BCUT2D eigenvalue weighted by Crippen LogP contribution is 2.20. The van der Waals surface area contributed by atoms with E-state index in [0.29, 0.717) is 27.6 Å². The molecule has 5 nitrogen and oxygen atoms in total. The van der Waals surface area contributed by atoms with E-state index in [4.69, 9.17) is 21.1 Å². The van der Waals surface area contributed by atoms with Gasteiger partial charge in [-0.1, -0.05) is 73.0 Å². The van der Waals surface area contributed by atoms with Gasteiger partial charge < -0.3 is 14.4 Å². The molecule has 0 bridgehead atoms. The van der Waals surface area contributed by atoms with E-state index in [0.717, 1.165) is 41.6 Å². The molecule has 0 saturated carbocycles. The lowest BCUT2D eigenvalue weighted by Gasteiger charge is -2.26. The molecule has 7 rings (SSSR count). The number of hydrogen-bond acceptors (Lipinski definition) is 5. The lowest BCUT2D eigenvalue weighted by molar-refractivity contribution is -0.187. The van der Waals surface area contributed by atoms with Gasteiger partial charge in [-0.25, -0.2) is 27.5 Å². The van der Waals surface area contributed by atoms with Gasteiger partial charge in [-0.3, -0.25) is 0 Å². The summed E-state index contributed by atoms with van der Waals surface area (Å²) < 4.78 is 60.9. The van der Waals surface area contributed by atoms with Gasteiger partial charge in [-0.15, -0.1) is 0 Å². The summed E-state index contributed by atoms with van der Waals surface area (Å²) in [6, 6.07) is 19.6. The zero-order valence-electron chi connectivity index (χ0n) is 39.0. The Kier molecular flexibility index (Phi) is 26.3. The number of benzene rings is 4. The van der Waals surface area contributed by atoms with Crippen LogP contribution in [0.5, 0.6) is 0 Å². The summed E-state index contributed by atoms with van der Waals surface area (Å²) in [6.07, 6.45) is 6.43. The van der Waals surface area contributed by atoms with E-state index in [1.54, 1.807) is 32.9 Å². The Labute approximate surface area is 369 Å². The van der Waals surface area contributed by atoms with Crippen molar-refractivity contribution in [2.24, 2.45) is 11.8 Å².